The highest BCUT2D eigenvalue weighted by molar-refractivity contribution is 6.00. The lowest BCUT2D eigenvalue weighted by Gasteiger charge is -2.07. The van der Waals surface area contributed by atoms with E-state index < -0.39 is 0 Å². The molecule has 0 spiro atoms. The lowest BCUT2D eigenvalue weighted by atomic mass is 9.94. The lowest BCUT2D eigenvalue weighted by molar-refractivity contribution is 0.0969. The lowest BCUT2D eigenvalue weighted by Crippen LogP contribution is -2.09. The van der Waals surface area contributed by atoms with Crippen molar-refractivity contribution in [2.75, 3.05) is 0 Å². The van der Waals surface area contributed by atoms with E-state index in [1.165, 1.54) is 0 Å². The number of hydrogen-bond donors (Lipinski definition) is 0. The van der Waals surface area contributed by atoms with Gasteiger partial charge in [0.25, 0.3) is 0 Å². The van der Waals surface area contributed by atoms with Crippen molar-refractivity contribution in [3.05, 3.63) is 35.3 Å². The van der Waals surface area contributed by atoms with E-state index in [2.05, 4.69) is 0 Å². The Morgan fingerprint density at radius 3 is 2.88 bits per heavy atom. The zero-order chi connectivity index (χ0) is 11.1. The minimum absolute atomic E-state index is 0.195. The van der Waals surface area contributed by atoms with Crippen LogP contribution in [0.4, 0.5) is 0 Å². The van der Waals surface area contributed by atoms with Crippen LogP contribution < -0.4 is 0 Å². The van der Waals surface area contributed by atoms with Crippen molar-refractivity contribution in [2.24, 2.45) is 0 Å². The average Bonchev–Trinajstić information content (AvgIpc) is 2.86. The number of furan rings is 2. The van der Waals surface area contributed by atoms with Crippen molar-refractivity contribution >= 4 is 5.78 Å². The number of carbonyl (C=O) groups excluding carboxylic acids is 1. The predicted octanol–water partition coefficient (Wildman–Crippen LogP) is 3.37. The summed E-state index contributed by atoms with van der Waals surface area (Å²) in [5.41, 5.74) is 1.69. The minimum Gasteiger partial charge on any atom is -0.461 e. The number of Topliss-reactive ketones (excluding diaryl/α,β-unsaturated/α-hetero) is 1. The van der Waals surface area contributed by atoms with Crippen LogP contribution in [0.5, 0.6) is 0 Å². The molecule has 0 aromatic carbocycles. The summed E-state index contributed by atoms with van der Waals surface area (Å²) in [5, 5.41) is 0. The molecule has 0 amide bonds. The monoisotopic (exact) mass is 216 g/mol. The van der Waals surface area contributed by atoms with Crippen LogP contribution in [0.25, 0.3) is 11.5 Å². The topological polar surface area (TPSA) is 43.4 Å². The van der Waals surface area contributed by atoms with Gasteiger partial charge in [-0.15, -0.1) is 0 Å². The Balaban J connectivity index is 2.19. The predicted molar refractivity (Wildman–Crippen MR) is 58.4 cm³/mol. The fourth-order valence-corrected chi connectivity index (χ4v) is 2.29. The van der Waals surface area contributed by atoms with Crippen LogP contribution in [0.15, 0.2) is 27.2 Å². The molecule has 0 unspecified atom stereocenters. The Kier molecular flexibility index (Phi) is 1.99. The molecular weight excluding hydrogens is 204 g/mol. The van der Waals surface area contributed by atoms with Gasteiger partial charge in [0.2, 0.25) is 0 Å². The largest absolute Gasteiger partial charge is 0.461 e. The van der Waals surface area contributed by atoms with E-state index in [4.69, 9.17) is 8.83 Å². The molecule has 0 saturated heterocycles. The van der Waals surface area contributed by atoms with E-state index in [0.29, 0.717) is 17.9 Å². The third-order valence-corrected chi connectivity index (χ3v) is 3.05. The van der Waals surface area contributed by atoms with Crippen LogP contribution in [0, 0.1) is 6.92 Å². The molecule has 0 bridgehead atoms. The molecule has 1 aliphatic rings. The van der Waals surface area contributed by atoms with Gasteiger partial charge in [-0.05, 0) is 25.5 Å². The van der Waals surface area contributed by atoms with Gasteiger partial charge in [-0.2, -0.15) is 0 Å². The molecule has 0 N–H and O–H groups in total. The second kappa shape index (κ2) is 3.37. The van der Waals surface area contributed by atoms with Crippen LogP contribution in [-0.4, -0.2) is 5.78 Å². The molecule has 2 heterocycles. The first-order valence-electron chi connectivity index (χ1n) is 5.46. The maximum Gasteiger partial charge on any atom is 0.173 e. The molecule has 3 nitrogen and oxygen atoms in total. The molecule has 2 aromatic heterocycles. The molecule has 0 radical (unpaired) electrons. The fraction of sp³-hybridized carbons (Fsp3) is 0.308. The van der Waals surface area contributed by atoms with Crippen LogP contribution in [0.1, 0.15) is 34.5 Å². The number of aryl methyl sites for hydroxylation is 1. The molecular formula is C13H12O3. The van der Waals surface area contributed by atoms with Gasteiger partial charge in [-0.25, -0.2) is 0 Å². The van der Waals surface area contributed by atoms with E-state index in [1.54, 1.807) is 6.26 Å². The van der Waals surface area contributed by atoms with Crippen LogP contribution in [0.3, 0.4) is 0 Å². The summed E-state index contributed by atoms with van der Waals surface area (Å²) in [7, 11) is 0. The zero-order valence-corrected chi connectivity index (χ0v) is 9.08. The van der Waals surface area contributed by atoms with E-state index >= 15 is 0 Å². The first-order chi connectivity index (χ1) is 7.77. The number of carbonyl (C=O) groups is 1. The first-order valence-corrected chi connectivity index (χ1v) is 5.46. The molecule has 3 heteroatoms. The smallest absolute Gasteiger partial charge is 0.173 e. The van der Waals surface area contributed by atoms with Crippen molar-refractivity contribution < 1.29 is 13.6 Å². The summed E-state index contributed by atoms with van der Waals surface area (Å²) >= 11 is 0. The highest BCUT2D eigenvalue weighted by Gasteiger charge is 2.27. The Hall–Kier alpha value is -1.77. The molecule has 82 valence electrons. The summed E-state index contributed by atoms with van der Waals surface area (Å²) in [5.74, 6) is 2.41. The molecule has 0 saturated carbocycles. The quantitative estimate of drug-likeness (QED) is 0.734. The average molecular weight is 216 g/mol. The normalized spacial score (nSPS) is 15.2. The molecule has 16 heavy (non-hydrogen) atoms. The number of hydrogen-bond acceptors (Lipinski definition) is 3. The van der Waals surface area contributed by atoms with Gasteiger partial charge in [0.1, 0.15) is 5.76 Å². The summed E-state index contributed by atoms with van der Waals surface area (Å²) in [6.45, 7) is 1.92. The van der Waals surface area contributed by atoms with E-state index in [0.717, 1.165) is 29.7 Å². The van der Waals surface area contributed by atoms with Crippen LogP contribution >= 0.6 is 0 Å². The van der Waals surface area contributed by atoms with Gasteiger partial charge in [0.15, 0.2) is 17.3 Å². The first kappa shape index (κ1) is 9.46. The van der Waals surface area contributed by atoms with Crippen molar-refractivity contribution in [3.8, 4) is 11.5 Å². The third-order valence-electron chi connectivity index (χ3n) is 3.05. The van der Waals surface area contributed by atoms with Gasteiger partial charge in [0, 0.05) is 18.4 Å². The Morgan fingerprint density at radius 1 is 1.31 bits per heavy atom. The van der Waals surface area contributed by atoms with Gasteiger partial charge in [0.05, 0.1) is 11.8 Å². The number of ketones is 1. The molecule has 3 rings (SSSR count). The molecule has 0 atom stereocenters. The maximum absolute atomic E-state index is 11.8. The van der Waals surface area contributed by atoms with Crippen molar-refractivity contribution in [3.63, 3.8) is 0 Å². The van der Waals surface area contributed by atoms with Crippen molar-refractivity contribution in [2.45, 2.75) is 26.2 Å². The highest BCUT2D eigenvalue weighted by Crippen LogP contribution is 2.35. The van der Waals surface area contributed by atoms with E-state index in [9.17, 15) is 4.79 Å². The second-order valence-corrected chi connectivity index (χ2v) is 4.11. The summed E-state index contributed by atoms with van der Waals surface area (Å²) in [6.07, 6.45) is 3.97. The summed E-state index contributed by atoms with van der Waals surface area (Å²) < 4.78 is 11.0. The van der Waals surface area contributed by atoms with Crippen LogP contribution in [0.2, 0.25) is 0 Å². The molecule has 0 aliphatic heterocycles. The SMILES string of the molecule is Cc1c(-c2ccco2)oc2c1C(=O)CCC2. The Labute approximate surface area is 93.1 Å². The van der Waals surface area contributed by atoms with Gasteiger partial charge in [-0.3, -0.25) is 4.79 Å². The third kappa shape index (κ3) is 1.24. The van der Waals surface area contributed by atoms with E-state index in [1.807, 2.05) is 19.1 Å². The maximum atomic E-state index is 11.8. The number of rotatable bonds is 1. The van der Waals surface area contributed by atoms with Gasteiger partial charge >= 0.3 is 0 Å². The van der Waals surface area contributed by atoms with Crippen molar-refractivity contribution in [1.82, 2.24) is 0 Å². The Bertz CT molecular complexity index is 532. The van der Waals surface area contributed by atoms with Gasteiger partial charge < -0.3 is 8.83 Å². The standard InChI is InChI=1S/C13H12O3/c1-8-12-9(14)4-2-5-10(12)16-13(8)11-6-3-7-15-11/h3,6-7H,2,4-5H2,1H3. The van der Waals surface area contributed by atoms with Gasteiger partial charge in [-0.1, -0.05) is 0 Å². The Morgan fingerprint density at radius 2 is 2.19 bits per heavy atom. The summed E-state index contributed by atoms with van der Waals surface area (Å²) in [4.78, 5) is 11.8. The van der Waals surface area contributed by atoms with Crippen molar-refractivity contribution in [1.29, 1.82) is 0 Å². The minimum atomic E-state index is 0.195. The molecule has 2 aromatic rings. The number of fused-ring (bicyclic) bond motifs is 1. The molecule has 1 aliphatic carbocycles. The zero-order valence-electron chi connectivity index (χ0n) is 9.08. The van der Waals surface area contributed by atoms with E-state index in [-0.39, 0.29) is 5.78 Å². The fourth-order valence-electron chi connectivity index (χ4n) is 2.29. The molecule has 0 fully saturated rings. The van der Waals surface area contributed by atoms with Crippen LogP contribution in [-0.2, 0) is 6.42 Å². The second-order valence-electron chi connectivity index (χ2n) is 4.11. The summed E-state index contributed by atoms with van der Waals surface area (Å²) in [6, 6.07) is 3.67. The highest BCUT2D eigenvalue weighted by atomic mass is 16.4.